The van der Waals surface area contributed by atoms with Crippen LogP contribution in [0.15, 0.2) is 72.9 Å². The topological polar surface area (TPSA) is 225 Å². The highest BCUT2D eigenvalue weighted by Crippen LogP contribution is 2.45. The highest BCUT2D eigenvalue weighted by atomic mass is 31.2. The third kappa shape index (κ3) is 40.9. The van der Waals surface area contributed by atoms with E-state index in [1.807, 2.05) is 42.5 Å². The van der Waals surface area contributed by atoms with Crippen molar-refractivity contribution in [3.8, 4) is 0 Å². The van der Waals surface area contributed by atoms with E-state index >= 15 is 0 Å². The number of allylic oxidation sites excluding steroid dienone is 12. The van der Waals surface area contributed by atoms with Gasteiger partial charge in [-0.15, -0.1) is 0 Å². The molecule has 5 N–H and O–H groups in total. The number of rotatable bonds is 40. The van der Waals surface area contributed by atoms with E-state index < -0.39 is 85.5 Å². The number of carbonyl (C=O) groups excluding carboxylic acids is 2. The molecule has 0 aromatic rings. The molecular formula is C43H74O15P2. The molecule has 0 aromatic heterocycles. The number of unbranched alkanes of at least 4 members (excludes halogenated alkanes) is 12. The van der Waals surface area contributed by atoms with Crippen LogP contribution in [0.1, 0.15) is 129 Å². The molecule has 0 amide bonds. The maximum atomic E-state index is 12.1. The maximum Gasteiger partial charge on any atom is 0.472 e. The van der Waals surface area contributed by atoms with Gasteiger partial charge in [-0.1, -0.05) is 132 Å². The van der Waals surface area contributed by atoms with Crippen molar-refractivity contribution in [3.05, 3.63) is 72.9 Å². The molecule has 346 valence electrons. The van der Waals surface area contributed by atoms with E-state index in [2.05, 4.69) is 62.3 Å². The molecule has 0 rings (SSSR count). The molecule has 0 spiro atoms. The molecule has 0 saturated carbocycles. The number of carbonyl (C=O) groups is 2. The predicted molar refractivity (Wildman–Crippen MR) is 233 cm³/mol. The van der Waals surface area contributed by atoms with Gasteiger partial charge in [0.2, 0.25) is 0 Å². The molecule has 5 unspecified atom stereocenters. The van der Waals surface area contributed by atoms with Crippen molar-refractivity contribution in [1.29, 1.82) is 0 Å². The quantitative estimate of drug-likeness (QED) is 0.0168. The summed E-state index contributed by atoms with van der Waals surface area (Å²) in [4.78, 5) is 43.6. The molecule has 17 heteroatoms. The Morgan fingerprint density at radius 3 is 1.18 bits per heavy atom. The van der Waals surface area contributed by atoms with Gasteiger partial charge in [0.05, 0.1) is 26.4 Å². The van der Waals surface area contributed by atoms with Crippen LogP contribution in [0.2, 0.25) is 0 Å². The van der Waals surface area contributed by atoms with Gasteiger partial charge in [0.15, 0.2) is 0 Å². The number of aliphatic hydroxyl groups excluding tert-OH is 3. The van der Waals surface area contributed by atoms with E-state index in [0.29, 0.717) is 12.8 Å². The molecular weight excluding hydrogens is 818 g/mol. The van der Waals surface area contributed by atoms with Crippen molar-refractivity contribution in [2.75, 3.05) is 39.6 Å². The lowest BCUT2D eigenvalue weighted by molar-refractivity contribution is -0.148. The van der Waals surface area contributed by atoms with E-state index in [0.717, 1.165) is 70.6 Å². The molecule has 0 aliphatic heterocycles. The smallest absolute Gasteiger partial charge is 0.463 e. The molecule has 0 aromatic carbocycles. The van der Waals surface area contributed by atoms with Gasteiger partial charge < -0.3 is 34.6 Å². The zero-order chi connectivity index (χ0) is 44.6. The highest BCUT2D eigenvalue weighted by molar-refractivity contribution is 7.47. The standard InChI is InChI=1S/C43H74O15P2/c1-3-5-7-9-11-13-15-17-18-20-22-24-26-28-30-32-43(48)54-34-40(45)36-56-60(51,52)58-38-41(46)37-57-59(49,50)55-35-39(44)33-53-42(47)31-29-27-25-23-21-19-16-14-12-10-8-6-4-2/h6,8,10-17,19,21,39-41,44-46H,3-5,7,9,18,20,22-38H2,1-2H3,(H,49,50)(H,51,52)/b8-6+,12-10+,13-11+,16-14-,17-15+,21-19-. The number of ether oxygens (including phenoxy) is 2. The van der Waals surface area contributed by atoms with Crippen LogP contribution >= 0.6 is 15.6 Å². The number of hydrogen-bond acceptors (Lipinski definition) is 13. The van der Waals surface area contributed by atoms with Crippen molar-refractivity contribution in [2.24, 2.45) is 0 Å². The lowest BCUT2D eigenvalue weighted by atomic mass is 10.1. The Kier molecular flexibility index (Phi) is 37.7. The second-order valence-corrected chi connectivity index (χ2v) is 17.0. The zero-order valence-corrected chi connectivity index (χ0v) is 37.6. The van der Waals surface area contributed by atoms with E-state index in [-0.39, 0.29) is 12.8 Å². The van der Waals surface area contributed by atoms with Gasteiger partial charge in [-0.25, -0.2) is 9.13 Å². The molecule has 5 atom stereocenters. The summed E-state index contributed by atoms with van der Waals surface area (Å²) >= 11 is 0. The van der Waals surface area contributed by atoms with Crippen LogP contribution in [0, 0.1) is 0 Å². The molecule has 0 aliphatic rings. The van der Waals surface area contributed by atoms with Crippen molar-refractivity contribution >= 4 is 27.6 Å². The summed E-state index contributed by atoms with van der Waals surface area (Å²) in [6, 6.07) is 0. The first-order chi connectivity index (χ1) is 28.8. The van der Waals surface area contributed by atoms with Crippen molar-refractivity contribution in [3.63, 3.8) is 0 Å². The molecule has 0 saturated heterocycles. The summed E-state index contributed by atoms with van der Waals surface area (Å²) in [5, 5.41) is 29.9. The summed E-state index contributed by atoms with van der Waals surface area (Å²) in [6.45, 7) is 0.143. The van der Waals surface area contributed by atoms with E-state index in [9.17, 15) is 43.8 Å². The predicted octanol–water partition coefficient (Wildman–Crippen LogP) is 8.82. The minimum Gasteiger partial charge on any atom is -0.463 e. The minimum atomic E-state index is -4.79. The molecule has 0 fully saturated rings. The van der Waals surface area contributed by atoms with E-state index in [1.165, 1.54) is 19.3 Å². The lowest BCUT2D eigenvalue weighted by Gasteiger charge is -2.19. The maximum absolute atomic E-state index is 12.1. The summed E-state index contributed by atoms with van der Waals surface area (Å²) in [7, 11) is -9.58. The SMILES string of the molecule is CC/C=C/C=C/C=C\C=C/CCCCCC(=O)OCC(O)COP(=O)(O)OCC(O)COP(=O)(O)OCC(O)COC(=O)CCCCCCCC/C=C/C=C/CCCCC. The van der Waals surface area contributed by atoms with Gasteiger partial charge in [0, 0.05) is 12.8 Å². The van der Waals surface area contributed by atoms with Gasteiger partial charge in [0.1, 0.15) is 31.5 Å². The van der Waals surface area contributed by atoms with Gasteiger partial charge in [-0.3, -0.25) is 27.7 Å². The van der Waals surface area contributed by atoms with Crippen LogP contribution in [-0.4, -0.2) is 95.0 Å². The highest BCUT2D eigenvalue weighted by Gasteiger charge is 2.28. The fourth-order valence-corrected chi connectivity index (χ4v) is 6.51. The van der Waals surface area contributed by atoms with Crippen molar-refractivity contribution < 1.29 is 71.4 Å². The molecule has 0 radical (unpaired) electrons. The first-order valence-electron chi connectivity index (χ1n) is 21.4. The van der Waals surface area contributed by atoms with Gasteiger partial charge >= 0.3 is 27.6 Å². The Bertz CT molecular complexity index is 1360. The van der Waals surface area contributed by atoms with Crippen LogP contribution in [0.4, 0.5) is 0 Å². The van der Waals surface area contributed by atoms with Gasteiger partial charge in [-0.2, -0.15) is 0 Å². The molecule has 0 heterocycles. The number of hydrogen-bond donors (Lipinski definition) is 5. The van der Waals surface area contributed by atoms with Gasteiger partial charge in [-0.05, 0) is 57.8 Å². The molecule has 0 bridgehead atoms. The summed E-state index contributed by atoms with van der Waals surface area (Å²) in [5.74, 6) is -1.05. The Hall–Kier alpha value is -2.52. The van der Waals surface area contributed by atoms with E-state index in [4.69, 9.17) is 9.47 Å². The Labute approximate surface area is 358 Å². The Morgan fingerprint density at radius 2 is 0.767 bits per heavy atom. The minimum absolute atomic E-state index is 0.147. The zero-order valence-electron chi connectivity index (χ0n) is 35.8. The lowest BCUT2D eigenvalue weighted by Crippen LogP contribution is -2.25. The van der Waals surface area contributed by atoms with E-state index in [1.54, 1.807) is 0 Å². The van der Waals surface area contributed by atoms with Crippen molar-refractivity contribution in [2.45, 2.75) is 148 Å². The monoisotopic (exact) mass is 892 g/mol. The normalized spacial score (nSPS) is 16.1. The summed E-state index contributed by atoms with van der Waals surface area (Å²) in [5.41, 5.74) is 0. The van der Waals surface area contributed by atoms with Crippen LogP contribution in [-0.2, 0) is 46.3 Å². The first kappa shape index (κ1) is 57.5. The fourth-order valence-electron chi connectivity index (χ4n) is 4.92. The first-order valence-corrected chi connectivity index (χ1v) is 24.3. The second-order valence-electron chi connectivity index (χ2n) is 14.1. The number of esters is 2. The largest absolute Gasteiger partial charge is 0.472 e. The van der Waals surface area contributed by atoms with Crippen LogP contribution < -0.4 is 0 Å². The molecule has 0 aliphatic carbocycles. The van der Waals surface area contributed by atoms with Crippen molar-refractivity contribution in [1.82, 2.24) is 0 Å². The average molecular weight is 893 g/mol. The number of aliphatic hydroxyl groups is 3. The third-order valence-corrected chi connectivity index (χ3v) is 10.2. The summed E-state index contributed by atoms with van der Waals surface area (Å²) in [6.07, 6.45) is 36.2. The second kappa shape index (κ2) is 39.3. The fraction of sp³-hybridized carbons (Fsp3) is 0.674. The van der Waals surface area contributed by atoms with Crippen LogP contribution in [0.3, 0.4) is 0 Å². The average Bonchev–Trinajstić information content (AvgIpc) is 3.22. The molecule has 15 nitrogen and oxygen atoms in total. The van der Waals surface area contributed by atoms with Crippen LogP contribution in [0.25, 0.3) is 0 Å². The van der Waals surface area contributed by atoms with Crippen LogP contribution in [0.5, 0.6) is 0 Å². The Morgan fingerprint density at radius 1 is 0.450 bits per heavy atom. The molecule has 60 heavy (non-hydrogen) atoms. The number of phosphoric ester groups is 2. The summed E-state index contributed by atoms with van der Waals surface area (Å²) < 4.78 is 52.8. The third-order valence-electron chi connectivity index (χ3n) is 8.27. The van der Waals surface area contributed by atoms with Gasteiger partial charge in [0.25, 0.3) is 0 Å². The number of phosphoric acid groups is 2. The Balaban J connectivity index is 3.99.